The van der Waals surface area contributed by atoms with E-state index in [9.17, 15) is 4.79 Å². The number of piperidine rings is 1. The normalized spacial score (nSPS) is 26.9. The van der Waals surface area contributed by atoms with Crippen LogP contribution in [0.3, 0.4) is 0 Å². The molecule has 0 aromatic carbocycles. The second-order valence-electron chi connectivity index (χ2n) is 5.72. The van der Waals surface area contributed by atoms with Crippen molar-refractivity contribution in [3.05, 3.63) is 29.8 Å². The Morgan fingerprint density at radius 1 is 1.52 bits per heavy atom. The van der Waals surface area contributed by atoms with E-state index in [1.54, 1.807) is 12.3 Å². The number of carbonyl (C=O) groups is 1. The summed E-state index contributed by atoms with van der Waals surface area (Å²) in [6.45, 7) is 3.17. The fourth-order valence-electron chi connectivity index (χ4n) is 3.42. The molecular formula is C16H15N3O2. The van der Waals surface area contributed by atoms with Crippen molar-refractivity contribution in [3.63, 3.8) is 0 Å². The predicted molar refractivity (Wildman–Crippen MR) is 77.7 cm³/mol. The van der Waals surface area contributed by atoms with Gasteiger partial charge in [0, 0.05) is 30.7 Å². The van der Waals surface area contributed by atoms with Crippen LogP contribution in [0.2, 0.25) is 0 Å². The highest BCUT2D eigenvalue weighted by Crippen LogP contribution is 2.28. The van der Waals surface area contributed by atoms with Crippen molar-refractivity contribution in [1.82, 2.24) is 15.2 Å². The molecule has 2 aromatic heterocycles. The van der Waals surface area contributed by atoms with Crippen LogP contribution >= 0.6 is 0 Å². The predicted octanol–water partition coefficient (Wildman–Crippen LogP) is 1.24. The number of pyridine rings is 1. The molecule has 106 valence electrons. The number of aromatic nitrogens is 1. The lowest BCUT2D eigenvalue weighted by atomic mass is 10.00. The molecule has 4 rings (SSSR count). The number of hydrogen-bond donors (Lipinski definition) is 1. The molecule has 3 atom stereocenters. The molecule has 2 bridgehead atoms. The van der Waals surface area contributed by atoms with E-state index in [1.165, 1.54) is 6.26 Å². The zero-order valence-electron chi connectivity index (χ0n) is 11.5. The first-order chi connectivity index (χ1) is 10.3. The summed E-state index contributed by atoms with van der Waals surface area (Å²) in [6, 6.07) is 1.99. The van der Waals surface area contributed by atoms with Crippen molar-refractivity contribution in [3.8, 4) is 12.3 Å². The van der Waals surface area contributed by atoms with Gasteiger partial charge in [-0.3, -0.25) is 4.79 Å². The molecule has 5 nitrogen and oxygen atoms in total. The van der Waals surface area contributed by atoms with Gasteiger partial charge in [0.2, 0.25) is 0 Å². The van der Waals surface area contributed by atoms with Gasteiger partial charge in [-0.25, -0.2) is 4.98 Å². The van der Waals surface area contributed by atoms with Gasteiger partial charge >= 0.3 is 0 Å². The van der Waals surface area contributed by atoms with E-state index in [1.807, 2.05) is 0 Å². The van der Waals surface area contributed by atoms with Gasteiger partial charge in [-0.15, -0.1) is 6.42 Å². The third-order valence-electron chi connectivity index (χ3n) is 4.51. The number of rotatable bonds is 2. The third kappa shape index (κ3) is 1.91. The number of carbonyl (C=O) groups excluding carboxylic acids is 1. The summed E-state index contributed by atoms with van der Waals surface area (Å²) in [5.74, 6) is 2.93. The maximum Gasteiger partial charge on any atom is 0.274 e. The fraction of sp³-hybridized carbons (Fsp3) is 0.375. The minimum absolute atomic E-state index is 0.183. The van der Waals surface area contributed by atoms with Crippen LogP contribution < -0.4 is 5.32 Å². The Labute approximate surface area is 122 Å². The molecule has 0 radical (unpaired) electrons. The molecule has 21 heavy (non-hydrogen) atoms. The monoisotopic (exact) mass is 281 g/mol. The molecule has 1 amide bonds. The van der Waals surface area contributed by atoms with E-state index >= 15 is 0 Å². The minimum Gasteiger partial charge on any atom is -0.460 e. The summed E-state index contributed by atoms with van der Waals surface area (Å²) in [4.78, 5) is 19.0. The second-order valence-corrected chi connectivity index (χ2v) is 5.72. The highest BCUT2D eigenvalue weighted by atomic mass is 16.3. The fourth-order valence-corrected chi connectivity index (χ4v) is 3.42. The SMILES string of the molecule is C#Cc1coc2c(C(=O)NC3CN4CC[C@H]3C4)nccc12. The van der Waals surface area contributed by atoms with Gasteiger partial charge in [-0.1, -0.05) is 5.92 Å². The Hall–Kier alpha value is -2.32. The Morgan fingerprint density at radius 2 is 2.43 bits per heavy atom. The largest absolute Gasteiger partial charge is 0.460 e. The van der Waals surface area contributed by atoms with E-state index in [2.05, 4.69) is 21.1 Å². The molecule has 4 heterocycles. The third-order valence-corrected chi connectivity index (χ3v) is 4.51. The maximum absolute atomic E-state index is 12.5. The molecule has 2 saturated heterocycles. The lowest BCUT2D eigenvalue weighted by molar-refractivity contribution is 0.0920. The van der Waals surface area contributed by atoms with Crippen LogP contribution in [0.25, 0.3) is 11.0 Å². The molecule has 0 spiro atoms. The summed E-state index contributed by atoms with van der Waals surface area (Å²) < 4.78 is 5.44. The van der Waals surface area contributed by atoms with Gasteiger partial charge in [0.15, 0.2) is 11.3 Å². The average molecular weight is 281 g/mol. The van der Waals surface area contributed by atoms with E-state index < -0.39 is 0 Å². The summed E-state index contributed by atoms with van der Waals surface area (Å²) in [5.41, 5.74) is 1.42. The lowest BCUT2D eigenvalue weighted by Gasteiger charge is -2.22. The Kier molecular flexibility index (Phi) is 2.72. The van der Waals surface area contributed by atoms with Crippen molar-refractivity contribution in [2.75, 3.05) is 19.6 Å². The number of hydrogen-bond acceptors (Lipinski definition) is 4. The smallest absolute Gasteiger partial charge is 0.274 e. The van der Waals surface area contributed by atoms with Crippen LogP contribution in [-0.4, -0.2) is 41.5 Å². The number of fused-ring (bicyclic) bond motifs is 3. The molecule has 2 fully saturated rings. The second kappa shape index (κ2) is 4.61. The Bertz CT molecular complexity index is 758. The Balaban J connectivity index is 1.63. The summed E-state index contributed by atoms with van der Waals surface area (Å²) >= 11 is 0. The van der Waals surface area contributed by atoms with Gasteiger partial charge in [0.1, 0.15) is 6.26 Å². The molecule has 2 aliphatic rings. The molecule has 5 heteroatoms. The van der Waals surface area contributed by atoms with Crippen LogP contribution in [0.4, 0.5) is 0 Å². The van der Waals surface area contributed by atoms with Crippen LogP contribution in [0.5, 0.6) is 0 Å². The summed E-state index contributed by atoms with van der Waals surface area (Å²) in [7, 11) is 0. The highest BCUT2D eigenvalue weighted by Gasteiger charge is 2.39. The topological polar surface area (TPSA) is 58.4 Å². The van der Waals surface area contributed by atoms with Gasteiger partial charge in [-0.2, -0.15) is 0 Å². The first-order valence-corrected chi connectivity index (χ1v) is 7.12. The minimum atomic E-state index is -0.183. The number of furan rings is 1. The van der Waals surface area contributed by atoms with Gasteiger partial charge in [-0.05, 0) is 24.9 Å². The zero-order chi connectivity index (χ0) is 14.4. The first-order valence-electron chi connectivity index (χ1n) is 7.12. The highest BCUT2D eigenvalue weighted by molar-refractivity contribution is 6.04. The molecule has 0 saturated carbocycles. The van der Waals surface area contributed by atoms with Gasteiger partial charge in [0.25, 0.3) is 5.91 Å². The lowest BCUT2D eigenvalue weighted by Crippen LogP contribution is -2.43. The average Bonchev–Trinajstić information content (AvgIpc) is 3.21. The van der Waals surface area contributed by atoms with Gasteiger partial charge in [0.05, 0.1) is 5.56 Å². The molecular weight excluding hydrogens is 266 g/mol. The van der Waals surface area contributed by atoms with Crippen molar-refractivity contribution in [2.24, 2.45) is 5.92 Å². The van der Waals surface area contributed by atoms with Crippen LogP contribution in [0, 0.1) is 18.3 Å². The molecule has 2 unspecified atom stereocenters. The molecule has 2 aromatic rings. The van der Waals surface area contributed by atoms with E-state index in [-0.39, 0.29) is 11.9 Å². The number of nitrogens with zero attached hydrogens (tertiary/aromatic N) is 2. The standard InChI is InChI=1S/C16H15N3O2/c1-2-10-9-21-15-12(10)3-5-17-14(15)16(20)18-13-8-19-6-4-11(13)7-19/h1,3,5,9,11,13H,4,6-8H2,(H,18,20)/t11-,13?/m0/s1. The van der Waals surface area contributed by atoms with Crippen LogP contribution in [0.15, 0.2) is 22.9 Å². The maximum atomic E-state index is 12.5. The van der Waals surface area contributed by atoms with Crippen molar-refractivity contribution < 1.29 is 9.21 Å². The van der Waals surface area contributed by atoms with E-state index in [0.29, 0.717) is 22.8 Å². The van der Waals surface area contributed by atoms with E-state index in [4.69, 9.17) is 10.8 Å². The van der Waals surface area contributed by atoms with Crippen molar-refractivity contribution in [2.45, 2.75) is 12.5 Å². The molecule has 1 N–H and O–H groups in total. The van der Waals surface area contributed by atoms with Crippen LogP contribution in [-0.2, 0) is 0 Å². The van der Waals surface area contributed by atoms with Gasteiger partial charge < -0.3 is 14.6 Å². The molecule has 2 aliphatic heterocycles. The zero-order valence-corrected chi connectivity index (χ0v) is 11.5. The quantitative estimate of drug-likeness (QED) is 0.842. The number of terminal acetylenes is 1. The summed E-state index contributed by atoms with van der Waals surface area (Å²) in [6.07, 6.45) is 9.67. The molecule has 0 aliphatic carbocycles. The number of nitrogens with one attached hydrogen (secondary N) is 1. The van der Waals surface area contributed by atoms with Crippen molar-refractivity contribution in [1.29, 1.82) is 0 Å². The Morgan fingerprint density at radius 3 is 3.14 bits per heavy atom. The summed E-state index contributed by atoms with van der Waals surface area (Å²) in [5, 5.41) is 3.85. The van der Waals surface area contributed by atoms with Crippen molar-refractivity contribution >= 4 is 16.9 Å². The number of amides is 1. The van der Waals surface area contributed by atoms with Crippen LogP contribution in [0.1, 0.15) is 22.5 Å². The first kappa shape index (κ1) is 12.4. The van der Waals surface area contributed by atoms with E-state index in [0.717, 1.165) is 31.4 Å².